The lowest BCUT2D eigenvalue weighted by atomic mass is 9.98. The SMILES string of the molecule is CC(C)(C)N1CCC[C@@H]1c1[nH]ncc1Cc1ccc(Cl)cc1. The Bertz CT molecular complexity index is 625. The third-order valence-corrected chi connectivity index (χ3v) is 4.76. The highest BCUT2D eigenvalue weighted by Gasteiger charge is 2.35. The fraction of sp³-hybridized carbons (Fsp3) is 0.500. The van der Waals surface area contributed by atoms with Crippen molar-refractivity contribution in [3.8, 4) is 0 Å². The Balaban J connectivity index is 1.84. The molecule has 0 unspecified atom stereocenters. The molecule has 0 aliphatic carbocycles. The molecule has 2 aromatic rings. The van der Waals surface area contributed by atoms with Crippen molar-refractivity contribution in [3.63, 3.8) is 0 Å². The maximum atomic E-state index is 5.97. The van der Waals surface area contributed by atoms with Crippen molar-refractivity contribution in [3.05, 3.63) is 52.3 Å². The monoisotopic (exact) mass is 317 g/mol. The molecule has 1 saturated heterocycles. The molecule has 1 fully saturated rings. The molecule has 0 radical (unpaired) electrons. The zero-order chi connectivity index (χ0) is 15.7. The number of hydrogen-bond donors (Lipinski definition) is 1. The van der Waals surface area contributed by atoms with Crippen LogP contribution in [0.3, 0.4) is 0 Å². The van der Waals surface area contributed by atoms with Gasteiger partial charge >= 0.3 is 0 Å². The van der Waals surface area contributed by atoms with Crippen molar-refractivity contribution in [2.45, 2.75) is 51.6 Å². The van der Waals surface area contributed by atoms with Crippen LogP contribution in [-0.2, 0) is 6.42 Å². The van der Waals surface area contributed by atoms with Crippen molar-refractivity contribution < 1.29 is 0 Å². The van der Waals surface area contributed by atoms with Gasteiger partial charge in [0, 0.05) is 17.0 Å². The lowest BCUT2D eigenvalue weighted by molar-refractivity contribution is 0.119. The summed E-state index contributed by atoms with van der Waals surface area (Å²) < 4.78 is 0. The average molecular weight is 318 g/mol. The van der Waals surface area contributed by atoms with Crippen molar-refractivity contribution in [2.75, 3.05) is 6.54 Å². The van der Waals surface area contributed by atoms with E-state index in [-0.39, 0.29) is 5.54 Å². The van der Waals surface area contributed by atoms with Crippen molar-refractivity contribution in [2.24, 2.45) is 0 Å². The summed E-state index contributed by atoms with van der Waals surface area (Å²) in [6.07, 6.45) is 5.33. The Labute approximate surface area is 137 Å². The van der Waals surface area contributed by atoms with E-state index in [1.54, 1.807) is 0 Å². The summed E-state index contributed by atoms with van der Waals surface area (Å²) in [6, 6.07) is 8.54. The van der Waals surface area contributed by atoms with Crippen LogP contribution in [0.25, 0.3) is 0 Å². The molecule has 0 amide bonds. The van der Waals surface area contributed by atoms with E-state index in [9.17, 15) is 0 Å². The van der Waals surface area contributed by atoms with Crippen LogP contribution in [0.5, 0.6) is 0 Å². The first kappa shape index (κ1) is 15.6. The Hall–Kier alpha value is -1.32. The van der Waals surface area contributed by atoms with Crippen LogP contribution < -0.4 is 0 Å². The molecule has 1 aliphatic heterocycles. The van der Waals surface area contributed by atoms with Crippen LogP contribution in [0.15, 0.2) is 30.5 Å². The highest BCUT2D eigenvalue weighted by molar-refractivity contribution is 6.30. The molecule has 0 bridgehead atoms. The Morgan fingerprint density at radius 2 is 2.00 bits per heavy atom. The van der Waals surface area contributed by atoms with E-state index in [1.807, 2.05) is 18.3 Å². The van der Waals surface area contributed by atoms with E-state index in [1.165, 1.54) is 29.7 Å². The Morgan fingerprint density at radius 1 is 1.27 bits per heavy atom. The first-order chi connectivity index (χ1) is 10.4. The van der Waals surface area contributed by atoms with Crippen LogP contribution in [-0.4, -0.2) is 27.2 Å². The van der Waals surface area contributed by atoms with E-state index in [0.717, 1.165) is 18.0 Å². The van der Waals surface area contributed by atoms with Gasteiger partial charge in [-0.05, 0) is 63.4 Å². The zero-order valence-corrected chi connectivity index (χ0v) is 14.3. The number of hydrogen-bond acceptors (Lipinski definition) is 2. The number of benzene rings is 1. The average Bonchev–Trinajstić information content (AvgIpc) is 3.08. The fourth-order valence-corrected chi connectivity index (χ4v) is 3.57. The van der Waals surface area contributed by atoms with Crippen LogP contribution in [0.2, 0.25) is 5.02 Å². The third-order valence-electron chi connectivity index (χ3n) is 4.51. The zero-order valence-electron chi connectivity index (χ0n) is 13.6. The number of rotatable bonds is 3. The minimum Gasteiger partial charge on any atom is -0.290 e. The van der Waals surface area contributed by atoms with E-state index >= 15 is 0 Å². The number of halogens is 1. The van der Waals surface area contributed by atoms with Gasteiger partial charge in [0.25, 0.3) is 0 Å². The predicted molar refractivity (Wildman–Crippen MR) is 91.3 cm³/mol. The topological polar surface area (TPSA) is 31.9 Å². The maximum Gasteiger partial charge on any atom is 0.0559 e. The quantitative estimate of drug-likeness (QED) is 0.898. The molecule has 22 heavy (non-hydrogen) atoms. The molecule has 1 N–H and O–H groups in total. The van der Waals surface area contributed by atoms with Gasteiger partial charge in [-0.1, -0.05) is 23.7 Å². The summed E-state index contributed by atoms with van der Waals surface area (Å²) in [6.45, 7) is 8.04. The van der Waals surface area contributed by atoms with Gasteiger partial charge in [0.05, 0.1) is 17.9 Å². The number of aromatic nitrogens is 2. The van der Waals surface area contributed by atoms with Crippen molar-refractivity contribution in [1.82, 2.24) is 15.1 Å². The van der Waals surface area contributed by atoms with Gasteiger partial charge in [0.15, 0.2) is 0 Å². The lowest BCUT2D eigenvalue weighted by Gasteiger charge is -2.36. The van der Waals surface area contributed by atoms with Crippen LogP contribution in [0.1, 0.15) is 56.5 Å². The third kappa shape index (κ3) is 3.21. The fourth-order valence-electron chi connectivity index (χ4n) is 3.44. The summed E-state index contributed by atoms with van der Waals surface area (Å²) in [5, 5.41) is 8.37. The molecular weight excluding hydrogens is 294 g/mol. The van der Waals surface area contributed by atoms with Gasteiger partial charge < -0.3 is 0 Å². The Kier molecular flexibility index (Phi) is 4.28. The molecule has 3 nitrogen and oxygen atoms in total. The largest absolute Gasteiger partial charge is 0.290 e. The summed E-state index contributed by atoms with van der Waals surface area (Å²) in [7, 11) is 0. The second-order valence-corrected chi connectivity index (χ2v) is 7.57. The van der Waals surface area contributed by atoms with Crippen molar-refractivity contribution >= 4 is 11.6 Å². The molecule has 118 valence electrons. The second kappa shape index (κ2) is 6.05. The lowest BCUT2D eigenvalue weighted by Crippen LogP contribution is -2.41. The standard InChI is InChI=1S/C18H24ClN3/c1-18(2,3)22-10-4-5-16(22)17-14(12-20-21-17)11-13-6-8-15(19)9-7-13/h6-9,12,16H,4-5,10-11H2,1-3H3,(H,20,21)/t16-/m1/s1. The van der Waals surface area contributed by atoms with Gasteiger partial charge in [-0.3, -0.25) is 10.00 Å². The number of nitrogens with zero attached hydrogens (tertiary/aromatic N) is 2. The second-order valence-electron chi connectivity index (χ2n) is 7.13. The minimum atomic E-state index is 0.184. The minimum absolute atomic E-state index is 0.184. The molecule has 2 heterocycles. The van der Waals surface area contributed by atoms with Gasteiger partial charge in [0.1, 0.15) is 0 Å². The molecule has 1 atom stereocenters. The number of H-pyrrole nitrogens is 1. The van der Waals surface area contributed by atoms with Crippen LogP contribution >= 0.6 is 11.6 Å². The molecule has 1 aliphatic rings. The maximum absolute atomic E-state index is 5.97. The van der Waals surface area contributed by atoms with Crippen LogP contribution in [0, 0.1) is 0 Å². The molecule has 4 heteroatoms. The van der Waals surface area contributed by atoms with E-state index in [2.05, 4.69) is 48.0 Å². The molecule has 0 saturated carbocycles. The van der Waals surface area contributed by atoms with Gasteiger partial charge in [0.2, 0.25) is 0 Å². The number of likely N-dealkylation sites (tertiary alicyclic amines) is 1. The van der Waals surface area contributed by atoms with Gasteiger partial charge in [-0.2, -0.15) is 5.10 Å². The van der Waals surface area contributed by atoms with E-state index < -0.39 is 0 Å². The summed E-state index contributed by atoms with van der Waals surface area (Å²) >= 11 is 5.97. The van der Waals surface area contributed by atoms with Crippen LogP contribution in [0.4, 0.5) is 0 Å². The predicted octanol–water partition coefficient (Wildman–Crippen LogP) is 4.59. The molecular formula is C18H24ClN3. The van der Waals surface area contributed by atoms with E-state index in [0.29, 0.717) is 6.04 Å². The highest BCUT2D eigenvalue weighted by atomic mass is 35.5. The number of nitrogens with one attached hydrogen (secondary N) is 1. The molecule has 1 aromatic carbocycles. The summed E-state index contributed by atoms with van der Waals surface area (Å²) in [5.74, 6) is 0. The molecule has 3 rings (SSSR count). The van der Waals surface area contributed by atoms with Gasteiger partial charge in [-0.25, -0.2) is 0 Å². The normalized spacial score (nSPS) is 19.7. The summed E-state index contributed by atoms with van der Waals surface area (Å²) in [5.41, 5.74) is 4.03. The Morgan fingerprint density at radius 3 is 2.68 bits per heavy atom. The number of aromatic amines is 1. The van der Waals surface area contributed by atoms with Gasteiger partial charge in [-0.15, -0.1) is 0 Å². The first-order valence-electron chi connectivity index (χ1n) is 7.98. The molecule has 1 aromatic heterocycles. The first-order valence-corrected chi connectivity index (χ1v) is 8.36. The summed E-state index contributed by atoms with van der Waals surface area (Å²) in [4.78, 5) is 2.59. The smallest absolute Gasteiger partial charge is 0.0559 e. The van der Waals surface area contributed by atoms with Crippen molar-refractivity contribution in [1.29, 1.82) is 0 Å². The molecule has 0 spiro atoms. The highest BCUT2D eigenvalue weighted by Crippen LogP contribution is 2.38. The van der Waals surface area contributed by atoms with E-state index in [4.69, 9.17) is 11.6 Å².